The molecule has 1 aliphatic rings. The number of sulfonamides is 1. The number of fused-ring (bicyclic) bond motifs is 1. The van der Waals surface area contributed by atoms with E-state index in [-0.39, 0.29) is 10.8 Å². The largest absolute Gasteiger partial charge is 0.378 e. The van der Waals surface area contributed by atoms with Gasteiger partial charge in [0.05, 0.1) is 4.90 Å². The van der Waals surface area contributed by atoms with Crippen LogP contribution in [0.4, 0.5) is 11.4 Å². The van der Waals surface area contributed by atoms with Gasteiger partial charge in [0.2, 0.25) is 15.9 Å². The number of carbonyl (C=O) groups excluding carboxylic acids is 1. The van der Waals surface area contributed by atoms with Crippen molar-refractivity contribution in [3.63, 3.8) is 0 Å². The smallest absolute Gasteiger partial charge is 0.245 e. The summed E-state index contributed by atoms with van der Waals surface area (Å²) < 4.78 is 28.4. The minimum absolute atomic E-state index is 0.124. The van der Waals surface area contributed by atoms with Crippen molar-refractivity contribution in [3.8, 4) is 0 Å². The van der Waals surface area contributed by atoms with Gasteiger partial charge in [0, 0.05) is 37.0 Å². The zero-order chi connectivity index (χ0) is 21.5. The first-order valence-electron chi connectivity index (χ1n) is 9.55. The van der Waals surface area contributed by atoms with E-state index in [1.807, 2.05) is 43.3 Å². The summed E-state index contributed by atoms with van der Waals surface area (Å²) in [4.78, 5) is 16.6. The molecule has 1 heterocycles. The van der Waals surface area contributed by atoms with Gasteiger partial charge in [0.15, 0.2) is 0 Å². The molecule has 0 radical (unpaired) electrons. The van der Waals surface area contributed by atoms with Crippen LogP contribution in [0.25, 0.3) is 10.8 Å². The molecule has 0 bridgehead atoms. The summed E-state index contributed by atoms with van der Waals surface area (Å²) in [6.07, 6.45) is 0.413. The quantitative estimate of drug-likeness (QED) is 0.653. The zero-order valence-electron chi connectivity index (χ0n) is 16.7. The second-order valence-electron chi connectivity index (χ2n) is 7.52. The fraction of sp³-hybridized carbons (Fsp3) is 0.227. The van der Waals surface area contributed by atoms with Gasteiger partial charge in [-0.1, -0.05) is 23.7 Å². The number of halogens is 1. The van der Waals surface area contributed by atoms with Gasteiger partial charge in [-0.25, -0.2) is 8.42 Å². The molecule has 30 heavy (non-hydrogen) atoms. The van der Waals surface area contributed by atoms with Crippen molar-refractivity contribution in [1.29, 1.82) is 0 Å². The Hall–Kier alpha value is -2.61. The molecule has 156 valence electrons. The van der Waals surface area contributed by atoms with Crippen LogP contribution in [0.2, 0.25) is 5.02 Å². The molecule has 1 saturated heterocycles. The average molecular weight is 444 g/mol. The lowest BCUT2D eigenvalue weighted by molar-refractivity contribution is -0.118. The maximum Gasteiger partial charge on any atom is 0.245 e. The third kappa shape index (κ3) is 4.01. The number of nitrogens with zero attached hydrogens (tertiary/aromatic N) is 2. The molecule has 0 spiro atoms. The van der Waals surface area contributed by atoms with Crippen molar-refractivity contribution in [1.82, 2.24) is 4.72 Å². The van der Waals surface area contributed by atoms with Gasteiger partial charge in [-0.2, -0.15) is 4.72 Å². The molecule has 1 amide bonds. The van der Waals surface area contributed by atoms with Crippen LogP contribution in [0.15, 0.2) is 65.6 Å². The monoisotopic (exact) mass is 443 g/mol. The summed E-state index contributed by atoms with van der Waals surface area (Å²) in [5.74, 6) is -0.247. The number of hydrogen-bond acceptors (Lipinski definition) is 4. The van der Waals surface area contributed by atoms with E-state index >= 15 is 0 Å². The Bertz CT molecular complexity index is 1210. The molecule has 4 rings (SSSR count). The predicted octanol–water partition coefficient (Wildman–Crippen LogP) is 3.64. The fourth-order valence-corrected chi connectivity index (χ4v) is 5.03. The summed E-state index contributed by atoms with van der Waals surface area (Å²) in [6, 6.07) is 16.9. The van der Waals surface area contributed by atoms with Gasteiger partial charge in [-0.3, -0.25) is 4.79 Å². The number of carbonyl (C=O) groups is 1. The minimum atomic E-state index is -3.84. The SMILES string of the molecule is CN(C)c1ccc(N2CC[C@H](NS(=O)(=O)c3ccc4cc(Cl)ccc4c3)C2=O)cc1. The topological polar surface area (TPSA) is 69.7 Å². The molecule has 0 saturated carbocycles. The Labute approximate surface area is 181 Å². The highest BCUT2D eigenvalue weighted by Gasteiger charge is 2.35. The van der Waals surface area contributed by atoms with Gasteiger partial charge in [0.1, 0.15) is 6.04 Å². The third-order valence-corrected chi connectivity index (χ3v) is 6.97. The lowest BCUT2D eigenvalue weighted by Crippen LogP contribution is -2.41. The highest BCUT2D eigenvalue weighted by molar-refractivity contribution is 7.89. The molecule has 1 aliphatic heterocycles. The second-order valence-corrected chi connectivity index (χ2v) is 9.67. The molecule has 6 nitrogen and oxygen atoms in total. The van der Waals surface area contributed by atoms with E-state index in [4.69, 9.17) is 11.6 Å². The van der Waals surface area contributed by atoms with E-state index in [2.05, 4.69) is 4.72 Å². The van der Waals surface area contributed by atoms with E-state index in [0.29, 0.717) is 18.0 Å². The molecule has 1 atom stereocenters. The number of amides is 1. The molecular formula is C22H22ClN3O3S. The van der Waals surface area contributed by atoms with E-state index in [9.17, 15) is 13.2 Å². The van der Waals surface area contributed by atoms with E-state index < -0.39 is 16.1 Å². The molecule has 3 aromatic carbocycles. The molecule has 0 aliphatic carbocycles. The molecule has 3 aromatic rings. The molecular weight excluding hydrogens is 422 g/mol. The molecule has 0 aromatic heterocycles. The Kier molecular flexibility index (Phi) is 5.44. The summed E-state index contributed by atoms with van der Waals surface area (Å²) in [5, 5.41) is 2.21. The molecule has 1 N–H and O–H groups in total. The van der Waals surface area contributed by atoms with Crippen molar-refractivity contribution < 1.29 is 13.2 Å². The predicted molar refractivity (Wildman–Crippen MR) is 121 cm³/mol. The number of nitrogens with one attached hydrogen (secondary N) is 1. The first-order chi connectivity index (χ1) is 14.2. The highest BCUT2D eigenvalue weighted by Crippen LogP contribution is 2.26. The number of rotatable bonds is 5. The van der Waals surface area contributed by atoms with Crippen molar-refractivity contribution in [3.05, 3.63) is 65.7 Å². The normalized spacial score (nSPS) is 17.0. The summed E-state index contributed by atoms with van der Waals surface area (Å²) in [5.41, 5.74) is 1.79. The summed E-state index contributed by atoms with van der Waals surface area (Å²) in [6.45, 7) is 0.462. The van der Waals surface area contributed by atoms with Crippen LogP contribution in [0.5, 0.6) is 0 Å². The first-order valence-corrected chi connectivity index (χ1v) is 11.4. The van der Waals surface area contributed by atoms with Crippen molar-refractivity contribution in [2.75, 3.05) is 30.4 Å². The lowest BCUT2D eigenvalue weighted by Gasteiger charge is -2.19. The van der Waals surface area contributed by atoms with Crippen LogP contribution in [-0.4, -0.2) is 41.0 Å². The van der Waals surface area contributed by atoms with Crippen LogP contribution >= 0.6 is 11.6 Å². The van der Waals surface area contributed by atoms with Crippen LogP contribution in [-0.2, 0) is 14.8 Å². The standard InChI is InChI=1S/C22H22ClN3O3S/c1-25(2)18-6-8-19(9-7-18)26-12-11-21(22(26)27)24-30(28,29)20-10-4-15-13-17(23)5-3-16(15)14-20/h3-10,13-14,21,24H,11-12H2,1-2H3/t21-/m0/s1. The average Bonchev–Trinajstić information content (AvgIpc) is 3.07. The minimum Gasteiger partial charge on any atom is -0.378 e. The Morgan fingerprint density at radius 3 is 2.37 bits per heavy atom. The fourth-order valence-electron chi connectivity index (χ4n) is 3.59. The Morgan fingerprint density at radius 2 is 1.67 bits per heavy atom. The molecule has 1 fully saturated rings. The Morgan fingerprint density at radius 1 is 1.00 bits per heavy atom. The maximum atomic E-state index is 12.9. The number of hydrogen-bond donors (Lipinski definition) is 1. The van der Waals surface area contributed by atoms with Gasteiger partial charge in [-0.05, 0) is 65.7 Å². The van der Waals surface area contributed by atoms with Gasteiger partial charge in [-0.15, -0.1) is 0 Å². The van der Waals surface area contributed by atoms with Crippen molar-refractivity contribution in [2.24, 2.45) is 0 Å². The summed E-state index contributed by atoms with van der Waals surface area (Å²) in [7, 11) is 0.0543. The van der Waals surface area contributed by atoms with Crippen LogP contribution < -0.4 is 14.5 Å². The number of anilines is 2. The Balaban J connectivity index is 1.52. The molecule has 0 unspecified atom stereocenters. The molecule has 8 heteroatoms. The van der Waals surface area contributed by atoms with Crippen molar-refractivity contribution >= 4 is 49.7 Å². The number of benzene rings is 3. The maximum absolute atomic E-state index is 12.9. The van der Waals surface area contributed by atoms with E-state index in [1.54, 1.807) is 35.2 Å². The van der Waals surface area contributed by atoms with Crippen LogP contribution in [0.3, 0.4) is 0 Å². The summed E-state index contributed by atoms with van der Waals surface area (Å²) >= 11 is 5.99. The van der Waals surface area contributed by atoms with E-state index in [1.165, 1.54) is 6.07 Å². The second kappa shape index (κ2) is 7.91. The van der Waals surface area contributed by atoms with Crippen molar-refractivity contribution in [2.45, 2.75) is 17.4 Å². The van der Waals surface area contributed by atoms with Gasteiger partial charge >= 0.3 is 0 Å². The van der Waals surface area contributed by atoms with Crippen LogP contribution in [0.1, 0.15) is 6.42 Å². The third-order valence-electron chi connectivity index (χ3n) is 5.26. The van der Waals surface area contributed by atoms with E-state index in [0.717, 1.165) is 22.1 Å². The lowest BCUT2D eigenvalue weighted by atomic mass is 10.1. The van der Waals surface area contributed by atoms with Crippen LogP contribution in [0, 0.1) is 0 Å². The van der Waals surface area contributed by atoms with Gasteiger partial charge in [0.25, 0.3) is 0 Å². The highest BCUT2D eigenvalue weighted by atomic mass is 35.5. The van der Waals surface area contributed by atoms with Gasteiger partial charge < -0.3 is 9.80 Å². The zero-order valence-corrected chi connectivity index (χ0v) is 18.2. The first kappa shape index (κ1) is 20.7.